The molecule has 0 aromatic carbocycles. The van der Waals surface area contributed by atoms with Crippen molar-refractivity contribution in [3.8, 4) is 0 Å². The van der Waals surface area contributed by atoms with Crippen LogP contribution in [0.25, 0.3) is 0 Å². The number of aromatic nitrogens is 4. The third-order valence-corrected chi connectivity index (χ3v) is 5.61. The topological polar surface area (TPSA) is 35.6 Å². The van der Waals surface area contributed by atoms with Crippen molar-refractivity contribution in [3.63, 3.8) is 0 Å². The fraction of sp³-hybridized carbons (Fsp3) is 0.769. The number of hydrogen-bond acceptors (Lipinski definition) is 2. The summed E-state index contributed by atoms with van der Waals surface area (Å²) < 4.78 is 4.48. The van der Waals surface area contributed by atoms with Gasteiger partial charge in [0.05, 0.1) is 6.33 Å². The van der Waals surface area contributed by atoms with Gasteiger partial charge in [0, 0.05) is 44.3 Å². The van der Waals surface area contributed by atoms with Crippen LogP contribution in [0.2, 0.25) is 0 Å². The highest BCUT2D eigenvalue weighted by Gasteiger charge is 2.00. The van der Waals surface area contributed by atoms with Gasteiger partial charge in [-0.3, -0.25) is 0 Å². The monoisotopic (exact) mass is 416 g/mol. The molecule has 172 valence electrons. The standard InChI is InChI=1S/C14H26N2.C12H22N2/c1-3-5-6-7-8-9-12-16-13-11-15-14(16)10-4-2;1-2-3-4-5-6-7-8-10-14-11-9-13-12-14/h11,13H,3-10,12H2,1-2H3;9,11-12H,2-8,10H2,1H3. The number of rotatable bonds is 17. The van der Waals surface area contributed by atoms with Gasteiger partial charge < -0.3 is 9.13 Å². The molecule has 2 rings (SSSR count). The van der Waals surface area contributed by atoms with Crippen molar-refractivity contribution >= 4 is 0 Å². The van der Waals surface area contributed by atoms with E-state index in [4.69, 9.17) is 0 Å². The van der Waals surface area contributed by atoms with Gasteiger partial charge >= 0.3 is 0 Å². The molecule has 2 heterocycles. The van der Waals surface area contributed by atoms with E-state index in [9.17, 15) is 0 Å². The maximum absolute atomic E-state index is 4.40. The molecule has 2 aromatic rings. The summed E-state index contributed by atoms with van der Waals surface area (Å²) in [5.74, 6) is 1.26. The van der Waals surface area contributed by atoms with Gasteiger partial charge in [0.1, 0.15) is 5.82 Å². The highest BCUT2D eigenvalue weighted by atomic mass is 15.1. The average molecular weight is 417 g/mol. The third kappa shape index (κ3) is 13.6. The Labute approximate surface area is 186 Å². The van der Waals surface area contributed by atoms with Crippen LogP contribution in [0.15, 0.2) is 31.1 Å². The van der Waals surface area contributed by atoms with E-state index in [1.807, 2.05) is 24.9 Å². The van der Waals surface area contributed by atoms with Gasteiger partial charge in [-0.05, 0) is 19.3 Å². The molecule has 0 aliphatic rings. The minimum Gasteiger partial charge on any atom is -0.337 e. The van der Waals surface area contributed by atoms with Crippen LogP contribution in [-0.4, -0.2) is 19.1 Å². The molecule has 0 aliphatic carbocycles. The molecular formula is C26H48N4. The number of unbranched alkanes of at least 4 members (excludes halogenated alkanes) is 11. The van der Waals surface area contributed by atoms with Crippen LogP contribution >= 0.6 is 0 Å². The Morgan fingerprint density at radius 2 is 1.23 bits per heavy atom. The van der Waals surface area contributed by atoms with Crippen molar-refractivity contribution in [2.24, 2.45) is 0 Å². The minimum absolute atomic E-state index is 1.11. The molecule has 0 bridgehead atoms. The largest absolute Gasteiger partial charge is 0.337 e. The molecule has 0 unspecified atom stereocenters. The molecular weight excluding hydrogens is 368 g/mol. The van der Waals surface area contributed by atoms with Gasteiger partial charge in [-0.25, -0.2) is 9.97 Å². The molecule has 0 atom stereocenters. The molecule has 4 heteroatoms. The zero-order chi connectivity index (χ0) is 21.7. The second-order valence-corrected chi connectivity index (χ2v) is 8.48. The van der Waals surface area contributed by atoms with E-state index in [0.717, 1.165) is 19.5 Å². The summed E-state index contributed by atoms with van der Waals surface area (Å²) in [6, 6.07) is 0. The van der Waals surface area contributed by atoms with Crippen molar-refractivity contribution in [1.29, 1.82) is 0 Å². The number of aryl methyl sites for hydroxylation is 3. The molecule has 0 spiro atoms. The summed E-state index contributed by atoms with van der Waals surface area (Å²) in [5.41, 5.74) is 0. The van der Waals surface area contributed by atoms with Crippen LogP contribution in [-0.2, 0) is 19.5 Å². The van der Waals surface area contributed by atoms with Crippen molar-refractivity contribution in [3.05, 3.63) is 36.9 Å². The molecule has 0 aliphatic heterocycles. The fourth-order valence-electron chi connectivity index (χ4n) is 3.73. The highest BCUT2D eigenvalue weighted by molar-refractivity contribution is 4.92. The van der Waals surface area contributed by atoms with Crippen LogP contribution in [0, 0.1) is 0 Å². The van der Waals surface area contributed by atoms with Crippen molar-refractivity contribution < 1.29 is 0 Å². The van der Waals surface area contributed by atoms with Crippen molar-refractivity contribution in [2.45, 2.75) is 130 Å². The SMILES string of the molecule is CCCCCCCCCn1ccnc1.CCCCCCCCn1ccnc1CCC. The second-order valence-electron chi connectivity index (χ2n) is 8.48. The van der Waals surface area contributed by atoms with Gasteiger partial charge in [-0.1, -0.05) is 91.4 Å². The summed E-state index contributed by atoms with van der Waals surface area (Å²) in [6.45, 7) is 9.03. The maximum atomic E-state index is 4.40. The van der Waals surface area contributed by atoms with Gasteiger partial charge in [-0.2, -0.15) is 0 Å². The first kappa shape index (κ1) is 26.5. The van der Waals surface area contributed by atoms with E-state index in [1.54, 1.807) is 0 Å². The molecule has 0 radical (unpaired) electrons. The van der Waals surface area contributed by atoms with Crippen LogP contribution in [0.3, 0.4) is 0 Å². The number of imidazole rings is 2. The summed E-state index contributed by atoms with van der Waals surface area (Å²) in [5, 5.41) is 0. The Morgan fingerprint density at radius 1 is 0.633 bits per heavy atom. The molecule has 0 amide bonds. The summed E-state index contributed by atoms with van der Waals surface area (Å²) in [4.78, 5) is 8.42. The van der Waals surface area contributed by atoms with E-state index in [0.29, 0.717) is 0 Å². The average Bonchev–Trinajstić information content (AvgIpc) is 3.43. The van der Waals surface area contributed by atoms with Crippen LogP contribution in [0.1, 0.15) is 116 Å². The Balaban J connectivity index is 0.000000303. The Bertz CT molecular complexity index is 574. The normalized spacial score (nSPS) is 10.8. The summed E-state index contributed by atoms with van der Waals surface area (Å²) >= 11 is 0. The zero-order valence-electron chi connectivity index (χ0n) is 20.2. The first-order valence-corrected chi connectivity index (χ1v) is 12.8. The maximum Gasteiger partial charge on any atom is 0.108 e. The predicted molar refractivity (Wildman–Crippen MR) is 130 cm³/mol. The van der Waals surface area contributed by atoms with Crippen LogP contribution in [0.4, 0.5) is 0 Å². The van der Waals surface area contributed by atoms with Crippen molar-refractivity contribution in [1.82, 2.24) is 19.1 Å². The lowest BCUT2D eigenvalue weighted by Gasteiger charge is -2.06. The lowest BCUT2D eigenvalue weighted by molar-refractivity contribution is 0.544. The predicted octanol–water partition coefficient (Wildman–Crippen LogP) is 7.83. The number of hydrogen-bond donors (Lipinski definition) is 0. The van der Waals surface area contributed by atoms with Crippen molar-refractivity contribution in [2.75, 3.05) is 0 Å². The van der Waals surface area contributed by atoms with Crippen LogP contribution in [0.5, 0.6) is 0 Å². The number of nitrogens with zero attached hydrogens (tertiary/aromatic N) is 4. The fourth-order valence-corrected chi connectivity index (χ4v) is 3.73. The molecule has 0 N–H and O–H groups in total. The second kappa shape index (κ2) is 19.4. The van der Waals surface area contributed by atoms with E-state index in [-0.39, 0.29) is 0 Å². The quantitative estimate of drug-likeness (QED) is 0.246. The highest BCUT2D eigenvalue weighted by Crippen LogP contribution is 2.09. The van der Waals surface area contributed by atoms with E-state index >= 15 is 0 Å². The van der Waals surface area contributed by atoms with Gasteiger partial charge in [-0.15, -0.1) is 0 Å². The molecule has 0 saturated carbocycles. The first-order chi connectivity index (χ1) is 14.8. The minimum atomic E-state index is 1.11. The van der Waals surface area contributed by atoms with E-state index in [2.05, 4.69) is 46.1 Å². The molecule has 4 nitrogen and oxygen atoms in total. The lowest BCUT2D eigenvalue weighted by atomic mass is 10.1. The lowest BCUT2D eigenvalue weighted by Crippen LogP contribution is -2.02. The molecule has 0 fully saturated rings. The van der Waals surface area contributed by atoms with Gasteiger partial charge in [0.2, 0.25) is 0 Å². The van der Waals surface area contributed by atoms with Crippen LogP contribution < -0.4 is 0 Å². The summed E-state index contributed by atoms with van der Waals surface area (Å²) in [7, 11) is 0. The molecule has 2 aromatic heterocycles. The first-order valence-electron chi connectivity index (χ1n) is 12.8. The zero-order valence-corrected chi connectivity index (χ0v) is 20.2. The van der Waals surface area contributed by atoms with Gasteiger partial charge in [0.15, 0.2) is 0 Å². The molecule has 30 heavy (non-hydrogen) atoms. The smallest absolute Gasteiger partial charge is 0.108 e. The van der Waals surface area contributed by atoms with E-state index < -0.39 is 0 Å². The van der Waals surface area contributed by atoms with Gasteiger partial charge in [0.25, 0.3) is 0 Å². The molecule has 0 saturated heterocycles. The Morgan fingerprint density at radius 3 is 1.80 bits per heavy atom. The Kier molecular flexibility index (Phi) is 17.1. The summed E-state index contributed by atoms with van der Waals surface area (Å²) in [6.07, 6.45) is 30.0. The Hall–Kier alpha value is -1.58. The third-order valence-electron chi connectivity index (χ3n) is 5.61. The van der Waals surface area contributed by atoms with E-state index in [1.165, 1.54) is 95.7 Å².